The fraction of sp³-hybridized carbons (Fsp3) is 0.385. The average molecular weight is 343 g/mol. The first-order valence-electron chi connectivity index (χ1n) is 5.96. The Morgan fingerprint density at radius 2 is 2.05 bits per heavy atom. The van der Waals surface area contributed by atoms with Gasteiger partial charge in [-0.2, -0.15) is 11.8 Å². The molecule has 4 nitrogen and oxygen atoms in total. The van der Waals surface area contributed by atoms with E-state index in [1.54, 1.807) is 11.8 Å². The molecule has 1 heterocycles. The number of nitrogens with zero attached hydrogens (tertiary/aromatic N) is 2. The van der Waals surface area contributed by atoms with Crippen molar-refractivity contribution in [2.24, 2.45) is 5.92 Å². The second-order valence-corrected chi connectivity index (χ2v) is 6.26. The number of aliphatic hydroxyl groups excluding tert-OH is 1. The Hall–Kier alpha value is -0.850. The summed E-state index contributed by atoms with van der Waals surface area (Å²) in [6, 6.07) is 7.75. The van der Waals surface area contributed by atoms with Crippen LogP contribution in [0.5, 0.6) is 0 Å². The minimum atomic E-state index is 0.209. The highest BCUT2D eigenvalue weighted by Crippen LogP contribution is 2.22. The fourth-order valence-corrected chi connectivity index (χ4v) is 2.60. The van der Waals surface area contributed by atoms with E-state index in [1.807, 2.05) is 31.2 Å². The predicted octanol–water partition coefficient (Wildman–Crippen LogP) is 3.36. The Labute approximate surface area is 124 Å². The summed E-state index contributed by atoms with van der Waals surface area (Å²) in [6.45, 7) is 2.22. The molecule has 6 heteroatoms. The summed E-state index contributed by atoms with van der Waals surface area (Å²) >= 11 is 5.07. The second kappa shape index (κ2) is 7.07. The van der Waals surface area contributed by atoms with E-state index in [0.29, 0.717) is 23.5 Å². The van der Waals surface area contributed by atoms with Crippen molar-refractivity contribution >= 4 is 27.7 Å². The first-order chi connectivity index (χ1) is 9.19. The first kappa shape index (κ1) is 14.6. The number of hydrogen-bond acceptors (Lipinski definition) is 5. The Kier molecular flexibility index (Phi) is 5.42. The predicted molar refractivity (Wildman–Crippen MR) is 79.8 cm³/mol. The lowest BCUT2D eigenvalue weighted by Gasteiger charge is -2.04. The Bertz CT molecular complexity index is 516. The maximum absolute atomic E-state index is 8.94. The normalized spacial score (nSPS) is 12.6. The van der Waals surface area contributed by atoms with Crippen LogP contribution in [-0.2, 0) is 5.75 Å². The lowest BCUT2D eigenvalue weighted by molar-refractivity contribution is 0.250. The van der Waals surface area contributed by atoms with Crippen LogP contribution in [0.15, 0.2) is 33.2 Å². The minimum absolute atomic E-state index is 0.209. The molecule has 102 valence electrons. The van der Waals surface area contributed by atoms with Crippen LogP contribution in [0.4, 0.5) is 0 Å². The molecular formula is C13H15BrN2O2S. The van der Waals surface area contributed by atoms with E-state index in [-0.39, 0.29) is 6.61 Å². The van der Waals surface area contributed by atoms with Crippen molar-refractivity contribution in [3.05, 3.63) is 34.6 Å². The van der Waals surface area contributed by atoms with Crippen LogP contribution in [0.25, 0.3) is 11.5 Å². The summed E-state index contributed by atoms with van der Waals surface area (Å²) in [6.07, 6.45) is 0. The third-order valence-electron chi connectivity index (χ3n) is 2.50. The maximum atomic E-state index is 8.94. The number of hydrogen-bond donors (Lipinski definition) is 1. The first-order valence-corrected chi connectivity index (χ1v) is 7.90. The summed E-state index contributed by atoms with van der Waals surface area (Å²) in [5.41, 5.74) is 0.913. The van der Waals surface area contributed by atoms with E-state index in [4.69, 9.17) is 9.52 Å². The van der Waals surface area contributed by atoms with Crippen molar-refractivity contribution < 1.29 is 9.52 Å². The van der Waals surface area contributed by atoms with Crippen LogP contribution in [0.2, 0.25) is 0 Å². The molecule has 1 aromatic carbocycles. The van der Waals surface area contributed by atoms with Crippen molar-refractivity contribution in [3.63, 3.8) is 0 Å². The molecule has 0 aliphatic rings. The summed E-state index contributed by atoms with van der Waals surface area (Å²) in [5, 5.41) is 17.0. The second-order valence-electron chi connectivity index (χ2n) is 4.31. The van der Waals surface area contributed by atoms with Gasteiger partial charge in [-0.3, -0.25) is 0 Å². The minimum Gasteiger partial charge on any atom is -0.420 e. The van der Waals surface area contributed by atoms with Gasteiger partial charge in [-0.1, -0.05) is 22.9 Å². The van der Waals surface area contributed by atoms with E-state index in [0.717, 1.165) is 15.8 Å². The molecular weight excluding hydrogens is 328 g/mol. The monoisotopic (exact) mass is 342 g/mol. The van der Waals surface area contributed by atoms with Crippen LogP contribution >= 0.6 is 27.7 Å². The van der Waals surface area contributed by atoms with Crippen molar-refractivity contribution in [1.82, 2.24) is 10.2 Å². The summed E-state index contributed by atoms with van der Waals surface area (Å²) in [7, 11) is 0. The van der Waals surface area contributed by atoms with Gasteiger partial charge in [0.2, 0.25) is 11.8 Å². The van der Waals surface area contributed by atoms with Gasteiger partial charge < -0.3 is 9.52 Å². The number of aliphatic hydroxyl groups is 1. The smallest absolute Gasteiger partial charge is 0.247 e. The van der Waals surface area contributed by atoms with Crippen LogP contribution in [-0.4, -0.2) is 27.7 Å². The number of rotatable bonds is 6. The number of thioether (sulfide) groups is 1. The molecule has 0 aliphatic heterocycles. The summed E-state index contributed by atoms with van der Waals surface area (Å²) in [5.74, 6) is 3.01. The van der Waals surface area contributed by atoms with E-state index >= 15 is 0 Å². The van der Waals surface area contributed by atoms with Crippen LogP contribution in [0.3, 0.4) is 0 Å². The zero-order valence-electron chi connectivity index (χ0n) is 10.5. The Morgan fingerprint density at radius 1 is 1.32 bits per heavy atom. The largest absolute Gasteiger partial charge is 0.420 e. The molecule has 0 saturated carbocycles. The molecule has 0 radical (unpaired) electrons. The molecule has 0 spiro atoms. The maximum Gasteiger partial charge on any atom is 0.247 e. The average Bonchev–Trinajstić information content (AvgIpc) is 2.88. The molecule has 0 amide bonds. The molecule has 1 atom stereocenters. The lowest BCUT2D eigenvalue weighted by atomic mass is 10.2. The number of aromatic nitrogens is 2. The van der Waals surface area contributed by atoms with Crippen molar-refractivity contribution in [2.45, 2.75) is 12.7 Å². The zero-order valence-corrected chi connectivity index (χ0v) is 12.9. The van der Waals surface area contributed by atoms with Gasteiger partial charge in [0.05, 0.1) is 5.75 Å². The molecule has 0 saturated heterocycles. The van der Waals surface area contributed by atoms with Crippen LogP contribution < -0.4 is 0 Å². The van der Waals surface area contributed by atoms with Gasteiger partial charge in [0.25, 0.3) is 0 Å². The van der Waals surface area contributed by atoms with Crippen molar-refractivity contribution in [3.8, 4) is 11.5 Å². The highest BCUT2D eigenvalue weighted by atomic mass is 79.9. The van der Waals surface area contributed by atoms with E-state index < -0.39 is 0 Å². The number of benzene rings is 1. The SMILES string of the molecule is CC(CO)CSCc1nnc(-c2ccc(Br)cc2)o1. The molecule has 2 rings (SSSR count). The molecule has 0 bridgehead atoms. The van der Waals surface area contributed by atoms with E-state index in [2.05, 4.69) is 26.1 Å². The molecule has 1 unspecified atom stereocenters. The zero-order chi connectivity index (χ0) is 13.7. The molecule has 0 fully saturated rings. The van der Waals surface area contributed by atoms with Crippen molar-refractivity contribution in [1.29, 1.82) is 0 Å². The van der Waals surface area contributed by atoms with Gasteiger partial charge >= 0.3 is 0 Å². The van der Waals surface area contributed by atoms with Gasteiger partial charge in [-0.15, -0.1) is 10.2 Å². The van der Waals surface area contributed by atoms with E-state index in [9.17, 15) is 0 Å². The summed E-state index contributed by atoms with van der Waals surface area (Å²) in [4.78, 5) is 0. The highest BCUT2D eigenvalue weighted by Gasteiger charge is 2.09. The third-order valence-corrected chi connectivity index (χ3v) is 4.28. The Balaban J connectivity index is 1.93. The molecule has 2 aromatic rings. The van der Waals surface area contributed by atoms with Gasteiger partial charge in [0.1, 0.15) is 0 Å². The molecule has 0 aliphatic carbocycles. The molecule has 1 aromatic heterocycles. The standard InChI is InChI=1S/C13H15BrN2O2S/c1-9(6-17)7-19-8-12-15-16-13(18-12)10-2-4-11(14)5-3-10/h2-5,9,17H,6-8H2,1H3. The topological polar surface area (TPSA) is 59.2 Å². The van der Waals surface area contributed by atoms with Gasteiger partial charge in [0.15, 0.2) is 0 Å². The lowest BCUT2D eigenvalue weighted by Crippen LogP contribution is -2.03. The fourth-order valence-electron chi connectivity index (χ4n) is 1.42. The van der Waals surface area contributed by atoms with Crippen LogP contribution in [0, 0.1) is 5.92 Å². The summed E-state index contributed by atoms with van der Waals surface area (Å²) < 4.78 is 6.62. The van der Waals surface area contributed by atoms with Crippen molar-refractivity contribution in [2.75, 3.05) is 12.4 Å². The van der Waals surface area contributed by atoms with Gasteiger partial charge in [-0.05, 0) is 35.9 Å². The quantitative estimate of drug-likeness (QED) is 0.872. The van der Waals surface area contributed by atoms with Gasteiger partial charge in [-0.25, -0.2) is 0 Å². The third kappa shape index (κ3) is 4.33. The highest BCUT2D eigenvalue weighted by molar-refractivity contribution is 9.10. The molecule has 1 N–H and O–H groups in total. The van der Waals surface area contributed by atoms with Gasteiger partial charge in [0, 0.05) is 16.6 Å². The van der Waals surface area contributed by atoms with E-state index in [1.165, 1.54) is 0 Å². The van der Waals surface area contributed by atoms with Crippen LogP contribution in [0.1, 0.15) is 12.8 Å². The number of halogens is 1. The molecule has 19 heavy (non-hydrogen) atoms. The Morgan fingerprint density at radius 3 is 2.74 bits per heavy atom.